The van der Waals surface area contributed by atoms with Crippen molar-refractivity contribution in [1.82, 2.24) is 19.1 Å². The summed E-state index contributed by atoms with van der Waals surface area (Å²) >= 11 is 1.40. The molecule has 0 unspecified atom stereocenters. The zero-order valence-electron chi connectivity index (χ0n) is 10.4. The molecule has 0 spiro atoms. The van der Waals surface area contributed by atoms with Crippen molar-refractivity contribution in [2.75, 3.05) is 5.32 Å². The lowest BCUT2D eigenvalue weighted by atomic mass is 10.3. The number of hydrogen-bond donors (Lipinski definition) is 1. The number of hydrogen-bond acceptors (Lipinski definition) is 5. The highest BCUT2D eigenvalue weighted by molar-refractivity contribution is 7.09. The van der Waals surface area contributed by atoms with E-state index in [2.05, 4.69) is 33.6 Å². The van der Waals surface area contributed by atoms with E-state index < -0.39 is 0 Å². The first-order valence-electron chi connectivity index (χ1n) is 5.85. The highest BCUT2D eigenvalue weighted by Crippen LogP contribution is 2.21. The molecule has 2 aromatic rings. The van der Waals surface area contributed by atoms with E-state index in [0.717, 1.165) is 41.6 Å². The number of nitrogens with zero attached hydrogens (tertiary/aromatic N) is 4. The van der Waals surface area contributed by atoms with Crippen LogP contribution in [-0.4, -0.2) is 19.1 Å². The minimum absolute atomic E-state index is 0.844. The van der Waals surface area contributed by atoms with E-state index in [4.69, 9.17) is 0 Å². The molecule has 0 aliphatic carbocycles. The van der Waals surface area contributed by atoms with Crippen LogP contribution in [0.5, 0.6) is 0 Å². The summed E-state index contributed by atoms with van der Waals surface area (Å²) in [5.41, 5.74) is 2.08. The minimum Gasteiger partial charge on any atom is -0.327 e. The highest BCUT2D eigenvalue weighted by atomic mass is 32.1. The zero-order valence-corrected chi connectivity index (χ0v) is 11.2. The van der Waals surface area contributed by atoms with Crippen molar-refractivity contribution < 1.29 is 0 Å². The van der Waals surface area contributed by atoms with Gasteiger partial charge in [0.05, 0.1) is 11.4 Å². The average molecular weight is 251 g/mol. The molecule has 2 rings (SSSR count). The van der Waals surface area contributed by atoms with Gasteiger partial charge in [0, 0.05) is 31.2 Å². The van der Waals surface area contributed by atoms with Gasteiger partial charge in [-0.25, -0.2) is 4.98 Å². The Bertz CT molecular complexity index is 488. The molecule has 0 aliphatic rings. The van der Waals surface area contributed by atoms with Crippen LogP contribution < -0.4 is 5.32 Å². The molecule has 0 saturated carbocycles. The molecule has 5 nitrogen and oxygen atoms in total. The molecule has 92 valence electrons. The van der Waals surface area contributed by atoms with Crippen LogP contribution in [0.3, 0.4) is 0 Å². The lowest BCUT2D eigenvalue weighted by Crippen LogP contribution is -1.93. The van der Waals surface area contributed by atoms with E-state index in [0.29, 0.717) is 0 Å². The molecule has 0 fully saturated rings. The van der Waals surface area contributed by atoms with Crippen molar-refractivity contribution in [3.63, 3.8) is 0 Å². The van der Waals surface area contributed by atoms with Crippen LogP contribution in [0.4, 0.5) is 10.8 Å². The zero-order chi connectivity index (χ0) is 12.3. The Morgan fingerprint density at radius 2 is 2.24 bits per heavy atom. The monoisotopic (exact) mass is 251 g/mol. The van der Waals surface area contributed by atoms with Crippen molar-refractivity contribution in [3.8, 4) is 0 Å². The fraction of sp³-hybridized carbons (Fsp3) is 0.545. The smallest absolute Gasteiger partial charge is 0.207 e. The number of aromatic nitrogens is 4. The van der Waals surface area contributed by atoms with Crippen molar-refractivity contribution in [2.45, 2.75) is 33.1 Å². The quantitative estimate of drug-likeness (QED) is 0.887. The SMILES string of the molecule is CCCc1nsc(Nc2cn(C)nc2CC)n1. The fourth-order valence-corrected chi connectivity index (χ4v) is 2.27. The van der Waals surface area contributed by atoms with E-state index in [1.165, 1.54) is 11.5 Å². The Kier molecular flexibility index (Phi) is 3.73. The molecule has 6 heteroatoms. The van der Waals surface area contributed by atoms with Gasteiger partial charge in [-0.15, -0.1) is 0 Å². The van der Waals surface area contributed by atoms with E-state index >= 15 is 0 Å². The van der Waals surface area contributed by atoms with Gasteiger partial charge < -0.3 is 5.32 Å². The van der Waals surface area contributed by atoms with E-state index in [1.807, 2.05) is 17.9 Å². The second-order valence-corrected chi connectivity index (χ2v) is 4.66. The maximum atomic E-state index is 4.44. The number of aryl methyl sites for hydroxylation is 3. The molecule has 2 heterocycles. The minimum atomic E-state index is 0.844. The van der Waals surface area contributed by atoms with Gasteiger partial charge in [-0.3, -0.25) is 4.68 Å². The van der Waals surface area contributed by atoms with Crippen LogP contribution in [0, 0.1) is 0 Å². The summed E-state index contributed by atoms with van der Waals surface area (Å²) in [5, 5.41) is 8.51. The van der Waals surface area contributed by atoms with Gasteiger partial charge in [0.15, 0.2) is 0 Å². The molecule has 0 aromatic carbocycles. The predicted molar refractivity (Wildman–Crippen MR) is 69.8 cm³/mol. The molecule has 2 aromatic heterocycles. The Labute approximate surface area is 105 Å². The van der Waals surface area contributed by atoms with Crippen molar-refractivity contribution >= 4 is 22.4 Å². The highest BCUT2D eigenvalue weighted by Gasteiger charge is 2.09. The second-order valence-electron chi connectivity index (χ2n) is 3.91. The first-order valence-corrected chi connectivity index (χ1v) is 6.62. The van der Waals surface area contributed by atoms with Gasteiger partial charge in [0.25, 0.3) is 0 Å². The van der Waals surface area contributed by atoms with Crippen LogP contribution in [0.2, 0.25) is 0 Å². The van der Waals surface area contributed by atoms with Crippen molar-refractivity contribution in [2.24, 2.45) is 7.05 Å². The Hall–Kier alpha value is -1.43. The van der Waals surface area contributed by atoms with Crippen LogP contribution >= 0.6 is 11.5 Å². The van der Waals surface area contributed by atoms with Gasteiger partial charge in [0.1, 0.15) is 5.82 Å². The summed E-state index contributed by atoms with van der Waals surface area (Å²) in [7, 11) is 1.92. The van der Waals surface area contributed by atoms with E-state index in [-0.39, 0.29) is 0 Å². The van der Waals surface area contributed by atoms with Crippen molar-refractivity contribution in [1.29, 1.82) is 0 Å². The van der Waals surface area contributed by atoms with E-state index in [9.17, 15) is 0 Å². The van der Waals surface area contributed by atoms with E-state index in [1.54, 1.807) is 0 Å². The molecule has 0 aliphatic heterocycles. The van der Waals surface area contributed by atoms with Crippen LogP contribution in [0.1, 0.15) is 31.8 Å². The third-order valence-electron chi connectivity index (χ3n) is 2.42. The fourth-order valence-electron chi connectivity index (χ4n) is 1.65. The first kappa shape index (κ1) is 12.0. The Morgan fingerprint density at radius 1 is 1.41 bits per heavy atom. The largest absolute Gasteiger partial charge is 0.327 e. The molecule has 1 N–H and O–H groups in total. The normalized spacial score (nSPS) is 10.8. The summed E-state index contributed by atoms with van der Waals surface area (Å²) in [5.74, 6) is 0.918. The Balaban J connectivity index is 2.13. The summed E-state index contributed by atoms with van der Waals surface area (Å²) in [6, 6.07) is 0. The third kappa shape index (κ3) is 2.82. The predicted octanol–water partition coefficient (Wildman–Crippen LogP) is 2.53. The standard InChI is InChI=1S/C11H17N5S/c1-4-6-10-13-11(17-15-10)12-9-7-16(3)14-8(9)5-2/h7H,4-6H2,1-3H3,(H,12,13,15). The van der Waals surface area contributed by atoms with Gasteiger partial charge in [0.2, 0.25) is 5.13 Å². The molecule has 0 saturated heterocycles. The summed E-state index contributed by atoms with van der Waals surface area (Å²) in [6.45, 7) is 4.22. The van der Waals surface area contributed by atoms with Gasteiger partial charge in [-0.2, -0.15) is 9.47 Å². The number of anilines is 2. The van der Waals surface area contributed by atoms with Crippen LogP contribution in [-0.2, 0) is 19.9 Å². The van der Waals surface area contributed by atoms with Gasteiger partial charge >= 0.3 is 0 Å². The van der Waals surface area contributed by atoms with Gasteiger partial charge in [-0.05, 0) is 12.8 Å². The Morgan fingerprint density at radius 3 is 2.94 bits per heavy atom. The molecular weight excluding hydrogens is 234 g/mol. The molecule has 0 atom stereocenters. The summed E-state index contributed by atoms with van der Waals surface area (Å²) in [6.07, 6.45) is 4.89. The van der Waals surface area contributed by atoms with Gasteiger partial charge in [-0.1, -0.05) is 13.8 Å². The summed E-state index contributed by atoms with van der Waals surface area (Å²) in [4.78, 5) is 4.44. The van der Waals surface area contributed by atoms with Crippen molar-refractivity contribution in [3.05, 3.63) is 17.7 Å². The van der Waals surface area contributed by atoms with Crippen LogP contribution in [0.25, 0.3) is 0 Å². The number of nitrogens with one attached hydrogen (secondary N) is 1. The van der Waals surface area contributed by atoms with Crippen LogP contribution in [0.15, 0.2) is 6.20 Å². The summed E-state index contributed by atoms with van der Waals surface area (Å²) < 4.78 is 6.12. The maximum absolute atomic E-state index is 4.44. The maximum Gasteiger partial charge on any atom is 0.207 e. The molecular formula is C11H17N5S. The molecule has 0 bridgehead atoms. The topological polar surface area (TPSA) is 55.6 Å². The molecule has 0 radical (unpaired) electrons. The number of rotatable bonds is 5. The third-order valence-corrected chi connectivity index (χ3v) is 3.09. The lowest BCUT2D eigenvalue weighted by Gasteiger charge is -1.99. The lowest BCUT2D eigenvalue weighted by molar-refractivity contribution is 0.746. The first-order chi connectivity index (χ1) is 8.22. The second kappa shape index (κ2) is 5.27. The molecule has 0 amide bonds. The average Bonchev–Trinajstić information content (AvgIpc) is 2.87. The molecule has 17 heavy (non-hydrogen) atoms.